The van der Waals surface area contributed by atoms with Gasteiger partial charge in [-0.05, 0) is 55.0 Å². The fourth-order valence-electron chi connectivity index (χ4n) is 3.20. The Bertz CT molecular complexity index is 1480. The summed E-state index contributed by atoms with van der Waals surface area (Å²) in [6.45, 7) is 2.11. The van der Waals surface area contributed by atoms with Crippen molar-refractivity contribution in [3.63, 3.8) is 0 Å². The van der Waals surface area contributed by atoms with Gasteiger partial charge in [0, 0.05) is 11.8 Å². The molecule has 1 amide bonds. The van der Waals surface area contributed by atoms with Crippen LogP contribution in [0.15, 0.2) is 76.0 Å². The van der Waals surface area contributed by atoms with E-state index in [1.54, 1.807) is 12.1 Å². The van der Waals surface area contributed by atoms with E-state index in [0.717, 1.165) is 11.3 Å². The van der Waals surface area contributed by atoms with Crippen molar-refractivity contribution in [1.82, 2.24) is 9.97 Å². The van der Waals surface area contributed by atoms with Crippen molar-refractivity contribution < 1.29 is 31.8 Å². The van der Waals surface area contributed by atoms with Gasteiger partial charge in [0.05, 0.1) is 19.1 Å². The first kappa shape index (κ1) is 25.5. The van der Waals surface area contributed by atoms with Crippen LogP contribution in [0.2, 0.25) is 0 Å². The molecule has 2 aromatic carbocycles. The van der Waals surface area contributed by atoms with E-state index in [0.29, 0.717) is 11.4 Å². The van der Waals surface area contributed by atoms with Crippen molar-refractivity contribution >= 4 is 27.4 Å². The molecule has 12 heteroatoms. The van der Waals surface area contributed by atoms with Crippen LogP contribution in [-0.4, -0.2) is 38.5 Å². The molecule has 11 nitrogen and oxygen atoms in total. The molecule has 0 aliphatic heterocycles. The van der Waals surface area contributed by atoms with E-state index in [2.05, 4.69) is 20.0 Å². The lowest BCUT2D eigenvalue weighted by Crippen LogP contribution is -2.15. The van der Waals surface area contributed by atoms with E-state index >= 15 is 0 Å². The highest BCUT2D eigenvalue weighted by Crippen LogP contribution is 2.22. The fraction of sp³-hybridized carbons (Fsp3) is 0.160. The lowest BCUT2D eigenvalue weighted by atomic mass is 10.2. The average Bonchev–Trinajstić information content (AvgIpc) is 3.37. The number of para-hydroxylation sites is 1. The second kappa shape index (κ2) is 11.0. The number of nitrogens with zero attached hydrogens (tertiary/aromatic N) is 2. The average molecular weight is 525 g/mol. The number of methoxy groups -OCH3 is 2. The summed E-state index contributed by atoms with van der Waals surface area (Å²) in [4.78, 5) is 20.4. The van der Waals surface area contributed by atoms with Crippen molar-refractivity contribution in [3.05, 3.63) is 83.8 Å². The molecular weight excluding hydrogens is 500 g/mol. The van der Waals surface area contributed by atoms with Crippen LogP contribution in [0.25, 0.3) is 0 Å². The molecule has 0 aliphatic carbocycles. The zero-order valence-corrected chi connectivity index (χ0v) is 21.0. The second-order valence-electron chi connectivity index (χ2n) is 7.69. The summed E-state index contributed by atoms with van der Waals surface area (Å²) in [6.07, 6.45) is 0. The molecule has 4 rings (SSSR count). The molecule has 0 aliphatic rings. The largest absolute Gasteiger partial charge is 0.485 e. The number of furan rings is 1. The molecule has 0 saturated carbocycles. The molecule has 37 heavy (non-hydrogen) atoms. The van der Waals surface area contributed by atoms with E-state index in [9.17, 15) is 13.2 Å². The number of amides is 1. The van der Waals surface area contributed by atoms with Gasteiger partial charge in [-0.1, -0.05) is 18.2 Å². The van der Waals surface area contributed by atoms with Gasteiger partial charge in [0.25, 0.3) is 15.9 Å². The minimum absolute atomic E-state index is 0.0268. The molecule has 2 N–H and O–H groups in total. The molecule has 0 radical (unpaired) electrons. The van der Waals surface area contributed by atoms with Crippen LogP contribution in [0.5, 0.6) is 17.6 Å². The summed E-state index contributed by atoms with van der Waals surface area (Å²) in [5.74, 6) is 0.919. The van der Waals surface area contributed by atoms with Crippen molar-refractivity contribution in [2.75, 3.05) is 24.3 Å². The van der Waals surface area contributed by atoms with Gasteiger partial charge in [0.2, 0.25) is 5.88 Å². The molecular formula is C25H24N4O7S. The second-order valence-corrected chi connectivity index (χ2v) is 9.37. The summed E-state index contributed by atoms with van der Waals surface area (Å²) in [5.41, 5.74) is 1.37. The number of aryl methyl sites for hydroxylation is 1. The van der Waals surface area contributed by atoms with Crippen molar-refractivity contribution in [1.29, 1.82) is 0 Å². The summed E-state index contributed by atoms with van der Waals surface area (Å²) in [7, 11) is -1.25. The van der Waals surface area contributed by atoms with Gasteiger partial charge in [-0.3, -0.25) is 9.52 Å². The number of carbonyl (C=O) groups is 1. The third-order valence-corrected chi connectivity index (χ3v) is 6.45. The van der Waals surface area contributed by atoms with Gasteiger partial charge in [0.15, 0.2) is 11.6 Å². The maximum atomic E-state index is 12.8. The highest BCUT2D eigenvalue weighted by molar-refractivity contribution is 7.92. The third kappa shape index (κ3) is 6.35. The SMILES string of the molecule is COc1cc(NS(=O)(=O)c2ccc(NC(=O)c3ccc(COc4ccccc4C)o3)cc2)nc(OC)n1. The normalized spacial score (nSPS) is 11.0. The zero-order valence-electron chi connectivity index (χ0n) is 20.2. The van der Waals surface area contributed by atoms with Crippen LogP contribution < -0.4 is 24.2 Å². The smallest absolute Gasteiger partial charge is 0.321 e. The molecule has 192 valence electrons. The Balaban J connectivity index is 1.38. The van der Waals surface area contributed by atoms with Crippen LogP contribution in [0.1, 0.15) is 21.9 Å². The Kier molecular flexibility index (Phi) is 7.58. The highest BCUT2D eigenvalue weighted by Gasteiger charge is 2.18. The first-order valence-corrected chi connectivity index (χ1v) is 12.4. The topological polar surface area (TPSA) is 142 Å². The molecule has 2 aromatic heterocycles. The van der Waals surface area contributed by atoms with Gasteiger partial charge in [-0.15, -0.1) is 0 Å². The van der Waals surface area contributed by atoms with Crippen LogP contribution in [0, 0.1) is 6.92 Å². The highest BCUT2D eigenvalue weighted by atomic mass is 32.2. The van der Waals surface area contributed by atoms with Gasteiger partial charge >= 0.3 is 6.01 Å². The van der Waals surface area contributed by atoms with E-state index in [1.807, 2.05) is 31.2 Å². The maximum Gasteiger partial charge on any atom is 0.321 e. The predicted molar refractivity (Wildman–Crippen MR) is 135 cm³/mol. The predicted octanol–water partition coefficient (Wildman–Crippen LogP) is 4.03. The fourth-order valence-corrected chi connectivity index (χ4v) is 4.20. The Hall–Kier alpha value is -4.58. The molecule has 0 spiro atoms. The van der Waals surface area contributed by atoms with Crippen molar-refractivity contribution in [2.24, 2.45) is 0 Å². The number of rotatable bonds is 10. The number of aromatic nitrogens is 2. The van der Waals surface area contributed by atoms with Crippen molar-refractivity contribution in [2.45, 2.75) is 18.4 Å². The Morgan fingerprint density at radius 1 is 0.973 bits per heavy atom. The van der Waals surface area contributed by atoms with Crippen LogP contribution in [-0.2, 0) is 16.6 Å². The van der Waals surface area contributed by atoms with Gasteiger partial charge in [-0.25, -0.2) is 8.42 Å². The number of anilines is 2. The Morgan fingerprint density at radius 3 is 2.43 bits per heavy atom. The number of hydrogen-bond acceptors (Lipinski definition) is 9. The first-order chi connectivity index (χ1) is 17.8. The zero-order chi connectivity index (χ0) is 26.4. The number of hydrogen-bond donors (Lipinski definition) is 2. The summed E-state index contributed by atoms with van der Waals surface area (Å²) < 4.78 is 49.2. The summed E-state index contributed by atoms with van der Waals surface area (Å²) in [5, 5.41) is 2.67. The summed E-state index contributed by atoms with van der Waals surface area (Å²) >= 11 is 0. The lowest BCUT2D eigenvalue weighted by Gasteiger charge is -2.10. The Labute approximate surface area is 213 Å². The molecule has 0 unspecified atom stereocenters. The van der Waals surface area contributed by atoms with Crippen LogP contribution in [0.4, 0.5) is 11.5 Å². The van der Waals surface area contributed by atoms with E-state index in [4.69, 9.17) is 18.6 Å². The van der Waals surface area contributed by atoms with Gasteiger partial charge < -0.3 is 23.9 Å². The monoisotopic (exact) mass is 524 g/mol. The Morgan fingerprint density at radius 2 is 1.73 bits per heavy atom. The molecule has 0 bridgehead atoms. The number of sulfonamides is 1. The molecule has 0 fully saturated rings. The van der Waals surface area contributed by atoms with Crippen molar-refractivity contribution in [3.8, 4) is 17.6 Å². The molecule has 4 aromatic rings. The van der Waals surface area contributed by atoms with Crippen LogP contribution >= 0.6 is 0 Å². The number of ether oxygens (including phenoxy) is 3. The van der Waals surface area contributed by atoms with E-state index in [1.165, 1.54) is 44.6 Å². The van der Waals surface area contributed by atoms with Gasteiger partial charge in [-0.2, -0.15) is 9.97 Å². The van der Waals surface area contributed by atoms with E-state index < -0.39 is 15.9 Å². The standard InChI is InChI=1S/C25H24N4O7S/c1-16-6-4-5-7-20(16)35-15-18-10-13-21(36-18)24(30)26-17-8-11-19(12-9-17)37(31,32)29-22-14-23(33-2)28-25(27-22)34-3/h4-14H,15H2,1-3H3,(H,26,30)(H,27,28,29). The quantitative estimate of drug-likeness (QED) is 0.314. The first-order valence-electron chi connectivity index (χ1n) is 11.0. The van der Waals surface area contributed by atoms with Crippen LogP contribution in [0.3, 0.4) is 0 Å². The number of carbonyl (C=O) groups excluding carboxylic acids is 1. The lowest BCUT2D eigenvalue weighted by molar-refractivity contribution is 0.0992. The summed E-state index contributed by atoms with van der Waals surface area (Å²) in [6, 6.07) is 17.6. The number of benzene rings is 2. The van der Waals surface area contributed by atoms with E-state index in [-0.39, 0.29) is 35.0 Å². The minimum atomic E-state index is -3.99. The molecule has 0 saturated heterocycles. The number of nitrogens with one attached hydrogen (secondary N) is 2. The van der Waals surface area contributed by atoms with Gasteiger partial charge in [0.1, 0.15) is 18.1 Å². The third-order valence-electron chi connectivity index (χ3n) is 5.08. The maximum absolute atomic E-state index is 12.8. The molecule has 0 atom stereocenters. The minimum Gasteiger partial charge on any atom is -0.485 e. The molecule has 2 heterocycles.